The Hall–Kier alpha value is -2.76. The largest absolute Gasteiger partial charge is 0.508 e. The molecule has 94 valence electrons. The molecule has 0 spiro atoms. The predicted molar refractivity (Wildman–Crippen MR) is 64.6 cm³/mol. The second kappa shape index (κ2) is 4.49. The average molecular weight is 257 g/mol. The van der Waals surface area contributed by atoms with Gasteiger partial charge in [-0.1, -0.05) is 17.3 Å². The van der Waals surface area contributed by atoms with Crippen LogP contribution in [0.2, 0.25) is 0 Å². The molecule has 5 nitrogen and oxygen atoms in total. The van der Waals surface area contributed by atoms with Crippen molar-refractivity contribution < 1.29 is 14.0 Å². The third kappa shape index (κ3) is 2.15. The maximum Gasteiger partial charge on any atom is 0.261 e. The zero-order valence-electron chi connectivity index (χ0n) is 9.62. The summed E-state index contributed by atoms with van der Waals surface area (Å²) in [6.07, 6.45) is 2.52. The lowest BCUT2D eigenvalue weighted by Crippen LogP contribution is -1.86. The second-order valence-corrected chi connectivity index (χ2v) is 3.83. The summed E-state index contributed by atoms with van der Waals surface area (Å²) in [7, 11) is 0. The van der Waals surface area contributed by atoms with Gasteiger partial charge in [-0.15, -0.1) is 0 Å². The molecule has 0 amide bonds. The molecule has 0 saturated carbocycles. The first kappa shape index (κ1) is 11.3. The Morgan fingerprint density at radius 1 is 1.21 bits per heavy atom. The van der Waals surface area contributed by atoms with Gasteiger partial charge in [-0.2, -0.15) is 4.98 Å². The van der Waals surface area contributed by atoms with Crippen LogP contribution in [0.25, 0.3) is 22.8 Å². The monoisotopic (exact) mass is 257 g/mol. The van der Waals surface area contributed by atoms with E-state index in [0.29, 0.717) is 5.56 Å². The summed E-state index contributed by atoms with van der Waals surface area (Å²) in [4.78, 5) is 7.75. The van der Waals surface area contributed by atoms with Gasteiger partial charge < -0.3 is 9.63 Å². The van der Waals surface area contributed by atoms with E-state index in [1.165, 1.54) is 24.4 Å². The molecule has 6 heteroatoms. The number of hydrogen-bond donors (Lipinski definition) is 1. The third-order valence-electron chi connectivity index (χ3n) is 2.53. The summed E-state index contributed by atoms with van der Waals surface area (Å²) >= 11 is 0. The van der Waals surface area contributed by atoms with Crippen LogP contribution < -0.4 is 0 Å². The molecule has 2 heterocycles. The predicted octanol–water partition coefficient (Wildman–Crippen LogP) is 2.64. The fourth-order valence-electron chi connectivity index (χ4n) is 1.64. The molecule has 0 aliphatic heterocycles. The van der Waals surface area contributed by atoms with E-state index in [1.54, 1.807) is 12.1 Å². The van der Waals surface area contributed by atoms with Crippen LogP contribution in [0.4, 0.5) is 4.39 Å². The van der Waals surface area contributed by atoms with Gasteiger partial charge in [0.15, 0.2) is 5.82 Å². The lowest BCUT2D eigenvalue weighted by molar-refractivity contribution is 0.429. The van der Waals surface area contributed by atoms with Gasteiger partial charge in [0.1, 0.15) is 5.75 Å². The Kier molecular flexibility index (Phi) is 2.68. The van der Waals surface area contributed by atoms with Crippen LogP contribution in [0.1, 0.15) is 0 Å². The Balaban J connectivity index is 2.03. The van der Waals surface area contributed by atoms with Gasteiger partial charge >= 0.3 is 0 Å². The molecule has 0 aliphatic carbocycles. The zero-order valence-corrected chi connectivity index (χ0v) is 9.62. The molecule has 0 aliphatic rings. The van der Waals surface area contributed by atoms with E-state index in [1.807, 2.05) is 0 Å². The summed E-state index contributed by atoms with van der Waals surface area (Å²) in [5.41, 5.74) is 0.776. The third-order valence-corrected chi connectivity index (χ3v) is 2.53. The maximum atomic E-state index is 13.5. The average Bonchev–Trinajstić information content (AvgIpc) is 2.89. The van der Waals surface area contributed by atoms with Crippen molar-refractivity contribution in [2.45, 2.75) is 0 Å². The molecule has 0 bridgehead atoms. The molecule has 19 heavy (non-hydrogen) atoms. The minimum atomic E-state index is -0.534. The standard InChI is InChI=1S/C13H8FN3O2/c14-11-7-15-5-4-10(11)13-16-12(17-19-13)8-2-1-3-9(18)6-8/h1-7,18H. The number of halogens is 1. The Bertz CT molecular complexity index is 727. The van der Waals surface area contributed by atoms with Gasteiger partial charge in [0, 0.05) is 11.8 Å². The molecule has 2 aromatic heterocycles. The number of benzene rings is 1. The highest BCUT2D eigenvalue weighted by molar-refractivity contribution is 5.60. The number of phenolic OH excluding ortho intramolecular Hbond substituents is 1. The van der Waals surface area contributed by atoms with Crippen LogP contribution in [0.3, 0.4) is 0 Å². The molecular formula is C13H8FN3O2. The first-order valence-electron chi connectivity index (χ1n) is 5.47. The summed E-state index contributed by atoms with van der Waals surface area (Å²) in [6, 6.07) is 7.87. The highest BCUT2D eigenvalue weighted by atomic mass is 19.1. The number of hydrogen-bond acceptors (Lipinski definition) is 5. The molecule has 0 saturated heterocycles. The van der Waals surface area contributed by atoms with E-state index in [-0.39, 0.29) is 23.0 Å². The van der Waals surface area contributed by atoms with Gasteiger partial charge in [0.05, 0.1) is 11.8 Å². The van der Waals surface area contributed by atoms with Crippen molar-refractivity contribution in [1.82, 2.24) is 15.1 Å². The lowest BCUT2D eigenvalue weighted by Gasteiger charge is -1.95. The van der Waals surface area contributed by atoms with Gasteiger partial charge in [0.2, 0.25) is 5.82 Å². The van der Waals surface area contributed by atoms with Crippen LogP contribution >= 0.6 is 0 Å². The van der Waals surface area contributed by atoms with E-state index >= 15 is 0 Å². The first-order chi connectivity index (χ1) is 9.24. The number of aromatic hydroxyl groups is 1. The normalized spacial score (nSPS) is 10.6. The second-order valence-electron chi connectivity index (χ2n) is 3.83. The Morgan fingerprint density at radius 3 is 2.89 bits per heavy atom. The Labute approximate surface area is 107 Å². The van der Waals surface area contributed by atoms with Crippen LogP contribution in [0.15, 0.2) is 47.2 Å². The van der Waals surface area contributed by atoms with Crippen LogP contribution in [0.5, 0.6) is 5.75 Å². The summed E-state index contributed by atoms with van der Waals surface area (Å²) in [5.74, 6) is -0.0899. The molecule has 3 rings (SSSR count). The summed E-state index contributed by atoms with van der Waals surface area (Å²) in [6.45, 7) is 0. The number of aromatic nitrogens is 3. The molecule has 0 radical (unpaired) electrons. The number of pyridine rings is 1. The van der Waals surface area contributed by atoms with Gasteiger partial charge in [-0.3, -0.25) is 4.98 Å². The van der Waals surface area contributed by atoms with Crippen molar-refractivity contribution in [3.8, 4) is 28.6 Å². The quantitative estimate of drug-likeness (QED) is 0.764. The van der Waals surface area contributed by atoms with Gasteiger partial charge in [-0.25, -0.2) is 4.39 Å². The highest BCUT2D eigenvalue weighted by Gasteiger charge is 2.14. The fourth-order valence-corrected chi connectivity index (χ4v) is 1.64. The molecular weight excluding hydrogens is 249 g/mol. The first-order valence-corrected chi connectivity index (χ1v) is 5.47. The lowest BCUT2D eigenvalue weighted by atomic mass is 10.2. The number of nitrogens with zero attached hydrogens (tertiary/aromatic N) is 3. The van der Waals surface area contributed by atoms with Crippen molar-refractivity contribution in [1.29, 1.82) is 0 Å². The minimum Gasteiger partial charge on any atom is -0.508 e. The maximum absolute atomic E-state index is 13.5. The summed E-state index contributed by atoms with van der Waals surface area (Å²) < 4.78 is 18.5. The van der Waals surface area contributed by atoms with Crippen molar-refractivity contribution in [3.05, 3.63) is 48.5 Å². The SMILES string of the molecule is Oc1cccc(-c2noc(-c3ccncc3F)n2)c1. The highest BCUT2D eigenvalue weighted by Crippen LogP contribution is 2.25. The topological polar surface area (TPSA) is 72.0 Å². The minimum absolute atomic E-state index is 0.0678. The van der Waals surface area contributed by atoms with Crippen molar-refractivity contribution >= 4 is 0 Å². The molecule has 1 N–H and O–H groups in total. The van der Waals surface area contributed by atoms with Crippen LogP contribution in [0, 0.1) is 5.82 Å². The van der Waals surface area contributed by atoms with Crippen molar-refractivity contribution in [3.63, 3.8) is 0 Å². The van der Waals surface area contributed by atoms with E-state index in [4.69, 9.17) is 4.52 Å². The smallest absolute Gasteiger partial charge is 0.261 e. The van der Waals surface area contributed by atoms with Crippen LogP contribution in [-0.2, 0) is 0 Å². The van der Waals surface area contributed by atoms with Gasteiger partial charge in [-0.05, 0) is 18.2 Å². The van der Waals surface area contributed by atoms with E-state index in [0.717, 1.165) is 6.20 Å². The fraction of sp³-hybridized carbons (Fsp3) is 0. The van der Waals surface area contributed by atoms with E-state index in [2.05, 4.69) is 15.1 Å². The number of phenols is 1. The number of rotatable bonds is 2. The molecule has 3 aromatic rings. The van der Waals surface area contributed by atoms with Crippen LogP contribution in [-0.4, -0.2) is 20.2 Å². The van der Waals surface area contributed by atoms with Gasteiger partial charge in [0.25, 0.3) is 5.89 Å². The molecule has 1 aromatic carbocycles. The zero-order chi connectivity index (χ0) is 13.2. The van der Waals surface area contributed by atoms with E-state index < -0.39 is 5.82 Å². The summed E-state index contributed by atoms with van der Waals surface area (Å²) in [5, 5.41) is 13.1. The van der Waals surface area contributed by atoms with Crippen molar-refractivity contribution in [2.75, 3.05) is 0 Å². The Morgan fingerprint density at radius 2 is 2.11 bits per heavy atom. The van der Waals surface area contributed by atoms with E-state index in [9.17, 15) is 9.50 Å². The van der Waals surface area contributed by atoms with Crippen molar-refractivity contribution in [2.24, 2.45) is 0 Å². The molecule has 0 atom stereocenters. The molecule has 0 fully saturated rings. The molecule has 0 unspecified atom stereocenters.